The molecule has 15 heavy (non-hydrogen) atoms. The minimum atomic E-state index is 0.391. The molecule has 0 N–H and O–H groups in total. The zero-order valence-corrected chi connectivity index (χ0v) is 9.39. The fraction of sp³-hybridized carbons (Fsp3) is 0.0909. The summed E-state index contributed by atoms with van der Waals surface area (Å²) in [6, 6.07) is 5.65. The fourth-order valence-corrected chi connectivity index (χ4v) is 1.43. The molecule has 0 amide bonds. The molecule has 4 heteroatoms. The lowest BCUT2D eigenvalue weighted by Gasteiger charge is -1.97. The van der Waals surface area contributed by atoms with Crippen molar-refractivity contribution in [1.29, 1.82) is 0 Å². The Labute approximate surface area is 98.1 Å². The first-order valence-corrected chi connectivity index (χ1v) is 5.32. The molecule has 0 aliphatic heterocycles. The largest absolute Gasteiger partial charge is 0.251 e. The molecule has 0 aliphatic carbocycles. The van der Waals surface area contributed by atoms with Gasteiger partial charge in [0.1, 0.15) is 5.15 Å². The van der Waals surface area contributed by atoms with Gasteiger partial charge < -0.3 is 0 Å². The van der Waals surface area contributed by atoms with Crippen LogP contribution in [0.4, 0.5) is 0 Å². The van der Waals surface area contributed by atoms with E-state index in [2.05, 4.69) is 34.4 Å². The highest BCUT2D eigenvalue weighted by molar-refractivity contribution is 7.80. The maximum absolute atomic E-state index is 5.75. The highest BCUT2D eigenvalue weighted by Crippen LogP contribution is 2.13. The number of benzene rings is 1. The second kappa shape index (κ2) is 4.52. The maximum atomic E-state index is 5.75. The number of hydrogen-bond donors (Lipinski definition) is 1. The molecule has 0 atom stereocenters. The van der Waals surface area contributed by atoms with Crippen LogP contribution in [0.1, 0.15) is 5.56 Å². The molecule has 1 heterocycles. The Balaban J connectivity index is 2.54. The maximum Gasteiger partial charge on any atom is 0.148 e. The lowest BCUT2D eigenvalue weighted by molar-refractivity contribution is 1.29. The molecule has 1 aromatic heterocycles. The molecule has 1 aromatic carbocycles. The number of aromatic nitrogens is 2. The molecule has 0 spiro atoms. The summed E-state index contributed by atoms with van der Waals surface area (Å²) in [6.45, 7) is 0. The monoisotopic (exact) mass is 234 g/mol. The quantitative estimate of drug-likeness (QED) is 0.560. The van der Waals surface area contributed by atoms with E-state index in [-0.39, 0.29) is 0 Å². The van der Waals surface area contributed by atoms with Crippen molar-refractivity contribution in [3.8, 4) is 11.8 Å². The first-order chi connectivity index (χ1) is 7.29. The van der Waals surface area contributed by atoms with Gasteiger partial charge in [0, 0.05) is 5.56 Å². The number of rotatable bonds is 0. The Hall–Kier alpha value is -1.24. The Morgan fingerprint density at radius 2 is 2.20 bits per heavy atom. The molecule has 0 bridgehead atoms. The van der Waals surface area contributed by atoms with Gasteiger partial charge in [0.15, 0.2) is 0 Å². The van der Waals surface area contributed by atoms with E-state index in [1.807, 2.05) is 18.2 Å². The third-order valence-electron chi connectivity index (χ3n) is 1.82. The van der Waals surface area contributed by atoms with Crippen LogP contribution in [-0.2, 0) is 0 Å². The lowest BCUT2D eigenvalue weighted by atomic mass is 10.2. The zero-order valence-electron chi connectivity index (χ0n) is 7.74. The van der Waals surface area contributed by atoms with E-state index < -0.39 is 0 Å². The van der Waals surface area contributed by atoms with E-state index in [4.69, 9.17) is 11.6 Å². The van der Waals surface area contributed by atoms with E-state index in [0.717, 1.165) is 16.6 Å². The molecule has 2 aromatic rings. The van der Waals surface area contributed by atoms with E-state index in [1.165, 1.54) is 6.20 Å². The van der Waals surface area contributed by atoms with E-state index in [9.17, 15) is 0 Å². The van der Waals surface area contributed by atoms with Crippen LogP contribution in [0.2, 0.25) is 5.15 Å². The Morgan fingerprint density at radius 3 is 3.00 bits per heavy atom. The average molecular weight is 235 g/mol. The Morgan fingerprint density at radius 1 is 1.33 bits per heavy atom. The van der Waals surface area contributed by atoms with Crippen LogP contribution in [0.5, 0.6) is 0 Å². The Kier molecular flexibility index (Phi) is 3.10. The van der Waals surface area contributed by atoms with Crippen molar-refractivity contribution >= 4 is 35.3 Å². The van der Waals surface area contributed by atoms with Gasteiger partial charge in [-0.2, -0.15) is 12.6 Å². The van der Waals surface area contributed by atoms with Gasteiger partial charge in [-0.15, -0.1) is 0 Å². The predicted octanol–water partition coefficient (Wildman–Crippen LogP) is 2.56. The van der Waals surface area contributed by atoms with E-state index in [1.54, 1.807) is 0 Å². The van der Waals surface area contributed by atoms with Gasteiger partial charge in [0.25, 0.3) is 0 Å². The summed E-state index contributed by atoms with van der Waals surface area (Å²) in [5.74, 6) is 6.39. The van der Waals surface area contributed by atoms with Gasteiger partial charge in [0.05, 0.1) is 23.0 Å². The molecule has 0 aliphatic rings. The van der Waals surface area contributed by atoms with Crippen molar-refractivity contribution in [3.05, 3.63) is 35.1 Å². The molecule has 0 unspecified atom stereocenters. The molecule has 0 fully saturated rings. The summed E-state index contributed by atoms with van der Waals surface area (Å²) >= 11 is 9.77. The molecular formula is C11H7ClN2S. The third-order valence-corrected chi connectivity index (χ3v) is 2.16. The minimum Gasteiger partial charge on any atom is -0.251 e. The van der Waals surface area contributed by atoms with Crippen LogP contribution >= 0.6 is 24.2 Å². The summed E-state index contributed by atoms with van der Waals surface area (Å²) in [6.07, 6.45) is 1.53. The summed E-state index contributed by atoms with van der Waals surface area (Å²) < 4.78 is 0. The number of hydrogen-bond acceptors (Lipinski definition) is 3. The van der Waals surface area contributed by atoms with Crippen LogP contribution in [0.25, 0.3) is 11.0 Å². The SMILES string of the molecule is SCC#Cc1ccc2ncc(Cl)nc2c1. The predicted molar refractivity (Wildman–Crippen MR) is 65.3 cm³/mol. The summed E-state index contributed by atoms with van der Waals surface area (Å²) in [7, 11) is 0. The smallest absolute Gasteiger partial charge is 0.148 e. The van der Waals surface area contributed by atoms with Gasteiger partial charge in [-0.1, -0.05) is 23.4 Å². The molecule has 74 valence electrons. The zero-order chi connectivity index (χ0) is 10.7. The molecule has 0 saturated carbocycles. The van der Waals surface area contributed by atoms with E-state index in [0.29, 0.717) is 10.9 Å². The first kappa shape index (κ1) is 10.3. The molecule has 2 rings (SSSR count). The minimum absolute atomic E-state index is 0.391. The van der Waals surface area contributed by atoms with Crippen molar-refractivity contribution in [2.24, 2.45) is 0 Å². The Bertz CT molecular complexity index is 557. The van der Waals surface area contributed by atoms with Crippen LogP contribution in [-0.4, -0.2) is 15.7 Å². The topological polar surface area (TPSA) is 25.8 Å². The van der Waals surface area contributed by atoms with Crippen molar-refractivity contribution < 1.29 is 0 Å². The number of thiol groups is 1. The van der Waals surface area contributed by atoms with Gasteiger partial charge in [-0.05, 0) is 18.2 Å². The normalized spacial score (nSPS) is 9.73. The standard InChI is InChI=1S/C11H7ClN2S/c12-11-7-13-9-4-3-8(2-1-5-15)6-10(9)14-11/h3-4,6-7,15H,5H2. The van der Waals surface area contributed by atoms with Crippen LogP contribution < -0.4 is 0 Å². The van der Waals surface area contributed by atoms with Crippen LogP contribution in [0.3, 0.4) is 0 Å². The summed E-state index contributed by atoms with van der Waals surface area (Å²) in [4.78, 5) is 8.30. The number of halogens is 1. The summed E-state index contributed by atoms with van der Waals surface area (Å²) in [5.41, 5.74) is 2.47. The second-order valence-corrected chi connectivity index (χ2v) is 3.56. The van der Waals surface area contributed by atoms with Crippen molar-refractivity contribution in [2.45, 2.75) is 0 Å². The average Bonchev–Trinajstić information content (AvgIpc) is 2.25. The highest BCUT2D eigenvalue weighted by Gasteiger charge is 1.98. The molecule has 2 nitrogen and oxygen atoms in total. The third kappa shape index (κ3) is 2.41. The number of fused-ring (bicyclic) bond motifs is 1. The van der Waals surface area contributed by atoms with Gasteiger partial charge >= 0.3 is 0 Å². The van der Waals surface area contributed by atoms with Crippen molar-refractivity contribution in [3.63, 3.8) is 0 Å². The van der Waals surface area contributed by atoms with Gasteiger partial charge in [0.2, 0.25) is 0 Å². The van der Waals surface area contributed by atoms with Gasteiger partial charge in [-0.25, -0.2) is 4.98 Å². The molecule has 0 radical (unpaired) electrons. The van der Waals surface area contributed by atoms with Crippen molar-refractivity contribution in [2.75, 3.05) is 5.75 Å². The highest BCUT2D eigenvalue weighted by atomic mass is 35.5. The first-order valence-electron chi connectivity index (χ1n) is 4.31. The van der Waals surface area contributed by atoms with Gasteiger partial charge in [-0.3, -0.25) is 4.98 Å². The molecular weight excluding hydrogens is 228 g/mol. The van der Waals surface area contributed by atoms with Crippen LogP contribution in [0.15, 0.2) is 24.4 Å². The lowest BCUT2D eigenvalue weighted by Crippen LogP contribution is -1.85. The van der Waals surface area contributed by atoms with Crippen molar-refractivity contribution in [1.82, 2.24) is 9.97 Å². The summed E-state index contributed by atoms with van der Waals surface area (Å²) in [5, 5.41) is 0.391. The number of nitrogens with zero attached hydrogens (tertiary/aromatic N) is 2. The van der Waals surface area contributed by atoms with E-state index >= 15 is 0 Å². The second-order valence-electron chi connectivity index (χ2n) is 2.86. The molecule has 0 saturated heterocycles. The van der Waals surface area contributed by atoms with Crippen LogP contribution in [0, 0.1) is 11.8 Å². The fourth-order valence-electron chi connectivity index (χ4n) is 1.21.